The molecule has 192 valence electrons. The summed E-state index contributed by atoms with van der Waals surface area (Å²) in [5.74, 6) is 0.763. The zero-order chi connectivity index (χ0) is 25.2. The maximum atomic E-state index is 2.71. The van der Waals surface area contributed by atoms with Crippen LogP contribution >= 0.6 is 0 Å². The van der Waals surface area contributed by atoms with Gasteiger partial charge in [0.15, 0.2) is 0 Å². The fourth-order valence-electron chi connectivity index (χ4n) is 7.13. The number of hydrogen-bond donors (Lipinski definition) is 0. The van der Waals surface area contributed by atoms with E-state index in [1.165, 1.54) is 131 Å². The van der Waals surface area contributed by atoms with Crippen molar-refractivity contribution >= 4 is 54.1 Å². The quantitative estimate of drug-likeness (QED) is 0.0814. The van der Waals surface area contributed by atoms with E-state index in [-0.39, 0.29) is 0 Å². The molecule has 1 heteroatoms. The molecule has 6 rings (SSSR count). The molecule has 1 aromatic heterocycles. The van der Waals surface area contributed by atoms with E-state index in [2.05, 4.69) is 79.1 Å². The van der Waals surface area contributed by atoms with Crippen LogP contribution in [0.25, 0.3) is 54.1 Å². The first-order chi connectivity index (χ1) is 18.3. The van der Waals surface area contributed by atoms with Gasteiger partial charge in [-0.15, -0.1) is 0 Å². The van der Waals surface area contributed by atoms with Gasteiger partial charge in [-0.1, -0.05) is 127 Å². The van der Waals surface area contributed by atoms with Crippen molar-refractivity contribution < 1.29 is 0 Å². The minimum absolute atomic E-state index is 0.763. The molecule has 0 saturated carbocycles. The molecule has 0 bridgehead atoms. The Labute approximate surface area is 222 Å². The van der Waals surface area contributed by atoms with Crippen LogP contribution < -0.4 is 0 Å². The molecule has 0 radical (unpaired) electrons. The average molecular weight is 490 g/mol. The van der Waals surface area contributed by atoms with Crippen LogP contribution in [0.3, 0.4) is 0 Å². The summed E-state index contributed by atoms with van der Waals surface area (Å²) in [5.41, 5.74) is 2.89. The maximum Gasteiger partial charge on any atom is 0.0498 e. The fraction of sp³-hybridized carbons (Fsp3) is 0.444. The van der Waals surface area contributed by atoms with Gasteiger partial charge in [-0.05, 0) is 63.2 Å². The number of unbranched alkanes of at least 4 members (excludes halogenated alkanes) is 8. The first-order valence-corrected chi connectivity index (χ1v) is 15.2. The van der Waals surface area contributed by atoms with Gasteiger partial charge in [-0.2, -0.15) is 0 Å². The van der Waals surface area contributed by atoms with Crippen LogP contribution in [-0.2, 0) is 6.54 Å². The second-order valence-electron chi connectivity index (χ2n) is 11.6. The van der Waals surface area contributed by atoms with Crippen LogP contribution in [0.2, 0.25) is 0 Å². The molecule has 0 aliphatic heterocycles. The molecular formula is C36H43N. The van der Waals surface area contributed by atoms with Crippen LogP contribution in [-0.4, -0.2) is 4.57 Å². The van der Waals surface area contributed by atoms with Crippen molar-refractivity contribution in [1.82, 2.24) is 4.57 Å². The van der Waals surface area contributed by atoms with Crippen molar-refractivity contribution in [2.45, 2.75) is 97.4 Å². The van der Waals surface area contributed by atoms with E-state index in [0.29, 0.717) is 0 Å². The first-order valence-electron chi connectivity index (χ1n) is 15.2. The molecule has 0 amide bonds. The minimum atomic E-state index is 0.763. The Bertz CT molecular complexity index is 1480. The Hall–Kier alpha value is -2.80. The van der Waals surface area contributed by atoms with E-state index in [0.717, 1.165) is 12.5 Å². The number of benzene rings is 5. The Morgan fingerprint density at radius 3 is 1.54 bits per heavy atom. The molecule has 1 atom stereocenters. The lowest BCUT2D eigenvalue weighted by molar-refractivity contribution is 0.365. The predicted octanol–water partition coefficient (Wildman–Crippen LogP) is 11.5. The van der Waals surface area contributed by atoms with E-state index in [9.17, 15) is 0 Å². The van der Waals surface area contributed by atoms with Crippen LogP contribution in [0.1, 0.15) is 90.9 Å². The van der Waals surface area contributed by atoms with E-state index in [1.807, 2.05) is 0 Å². The van der Waals surface area contributed by atoms with Gasteiger partial charge in [0.05, 0.1) is 0 Å². The van der Waals surface area contributed by atoms with Gasteiger partial charge in [0.25, 0.3) is 0 Å². The first kappa shape index (κ1) is 24.5. The third kappa shape index (κ3) is 4.45. The summed E-state index contributed by atoms with van der Waals surface area (Å²) in [4.78, 5) is 0. The zero-order valence-electron chi connectivity index (χ0n) is 23.0. The third-order valence-corrected chi connectivity index (χ3v) is 9.04. The standard InChI is InChI=1S/C36H43N/c1-3-5-7-9-10-12-16-26(15-11-8-6-4-2)25-37-31-23-21-27-17-13-19-29-30-20-14-18-28-22-24-32(37)36(34(28)30)35(31)33(27)29/h13-14,17-24,26H,3-12,15-16,25H2,1-2H3. The molecule has 1 unspecified atom stereocenters. The lowest BCUT2D eigenvalue weighted by Gasteiger charge is -2.20. The van der Waals surface area contributed by atoms with Crippen LogP contribution in [0.4, 0.5) is 0 Å². The molecule has 0 fully saturated rings. The molecule has 37 heavy (non-hydrogen) atoms. The minimum Gasteiger partial charge on any atom is -0.340 e. The monoisotopic (exact) mass is 489 g/mol. The second kappa shape index (κ2) is 10.9. The highest BCUT2D eigenvalue weighted by atomic mass is 15.0. The lowest BCUT2D eigenvalue weighted by atomic mass is 9.90. The van der Waals surface area contributed by atoms with Crippen molar-refractivity contribution in [3.63, 3.8) is 0 Å². The van der Waals surface area contributed by atoms with Crippen LogP contribution in [0.15, 0.2) is 60.7 Å². The van der Waals surface area contributed by atoms with Gasteiger partial charge in [-0.25, -0.2) is 0 Å². The lowest BCUT2D eigenvalue weighted by Crippen LogP contribution is -2.11. The summed E-state index contributed by atoms with van der Waals surface area (Å²) >= 11 is 0. The summed E-state index contributed by atoms with van der Waals surface area (Å²) in [6, 6.07) is 23.3. The van der Waals surface area contributed by atoms with Crippen LogP contribution in [0.5, 0.6) is 0 Å². The van der Waals surface area contributed by atoms with Gasteiger partial charge in [0.1, 0.15) is 0 Å². The highest BCUT2D eigenvalue weighted by Crippen LogP contribution is 2.46. The molecule has 0 aliphatic rings. The normalized spacial score (nSPS) is 13.4. The summed E-state index contributed by atoms with van der Waals surface area (Å²) in [7, 11) is 0. The van der Waals surface area contributed by atoms with E-state index in [1.54, 1.807) is 0 Å². The van der Waals surface area contributed by atoms with Gasteiger partial charge < -0.3 is 4.57 Å². The van der Waals surface area contributed by atoms with Crippen molar-refractivity contribution in [2.75, 3.05) is 0 Å². The molecule has 0 aliphatic carbocycles. The Kier molecular flexibility index (Phi) is 7.23. The predicted molar refractivity (Wildman–Crippen MR) is 165 cm³/mol. The van der Waals surface area contributed by atoms with Crippen LogP contribution in [0, 0.1) is 5.92 Å². The smallest absolute Gasteiger partial charge is 0.0498 e. The molecular weight excluding hydrogens is 446 g/mol. The van der Waals surface area contributed by atoms with E-state index >= 15 is 0 Å². The molecule has 5 aromatic carbocycles. The maximum absolute atomic E-state index is 2.71. The fourth-order valence-corrected chi connectivity index (χ4v) is 7.13. The Morgan fingerprint density at radius 1 is 0.514 bits per heavy atom. The summed E-state index contributed by atoms with van der Waals surface area (Å²) in [6.45, 7) is 5.79. The largest absolute Gasteiger partial charge is 0.340 e. The van der Waals surface area contributed by atoms with Crippen molar-refractivity contribution in [1.29, 1.82) is 0 Å². The zero-order valence-corrected chi connectivity index (χ0v) is 23.0. The van der Waals surface area contributed by atoms with Gasteiger partial charge >= 0.3 is 0 Å². The van der Waals surface area contributed by atoms with Gasteiger partial charge in [0.2, 0.25) is 0 Å². The molecule has 1 heterocycles. The second-order valence-corrected chi connectivity index (χ2v) is 11.6. The summed E-state index contributed by atoms with van der Waals surface area (Å²) < 4.78 is 2.71. The Balaban J connectivity index is 1.41. The average Bonchev–Trinajstić information content (AvgIpc) is 3.26. The third-order valence-electron chi connectivity index (χ3n) is 9.04. The van der Waals surface area contributed by atoms with Crippen molar-refractivity contribution in [3.05, 3.63) is 60.7 Å². The molecule has 0 N–H and O–H groups in total. The molecule has 0 spiro atoms. The number of nitrogens with zero attached hydrogens (tertiary/aromatic N) is 1. The highest BCUT2D eigenvalue weighted by Gasteiger charge is 2.22. The van der Waals surface area contributed by atoms with Gasteiger partial charge in [0, 0.05) is 28.4 Å². The number of hydrogen-bond acceptors (Lipinski definition) is 0. The summed E-state index contributed by atoms with van der Waals surface area (Å²) in [5, 5.41) is 11.5. The number of fused-ring (bicyclic) bond motifs is 1. The molecule has 1 nitrogen and oxygen atoms in total. The SMILES string of the molecule is CCCCCCCCC(CCCCCC)Cn1c2ccc3cccc4c5cccc6ccc1c(c65)c2c34. The van der Waals surface area contributed by atoms with E-state index in [4.69, 9.17) is 0 Å². The molecule has 0 saturated heterocycles. The topological polar surface area (TPSA) is 4.93 Å². The summed E-state index contributed by atoms with van der Waals surface area (Å²) in [6.07, 6.45) is 16.6. The highest BCUT2D eigenvalue weighted by molar-refractivity contribution is 6.39. The van der Waals surface area contributed by atoms with E-state index < -0.39 is 0 Å². The number of rotatable bonds is 14. The van der Waals surface area contributed by atoms with Crippen molar-refractivity contribution in [2.24, 2.45) is 5.92 Å². The van der Waals surface area contributed by atoms with Crippen molar-refractivity contribution in [3.8, 4) is 0 Å². The number of aromatic nitrogens is 1. The Morgan fingerprint density at radius 2 is 1.00 bits per heavy atom. The molecule has 6 aromatic rings. The van der Waals surface area contributed by atoms with Gasteiger partial charge in [-0.3, -0.25) is 0 Å².